The first-order valence-corrected chi connectivity index (χ1v) is 17.6. The summed E-state index contributed by atoms with van der Waals surface area (Å²) in [6.07, 6.45) is -0.341. The molecule has 0 fully saturated rings. The third kappa shape index (κ3) is 4.90. The Labute approximate surface area is 292 Å². The van der Waals surface area contributed by atoms with E-state index in [0.29, 0.717) is 5.84 Å². The second-order valence-electron chi connectivity index (χ2n) is 12.6. The molecule has 9 aromatic rings. The highest BCUT2D eigenvalue weighted by Crippen LogP contribution is 2.40. The normalized spacial score (nSPS) is 14.6. The van der Waals surface area contributed by atoms with E-state index in [9.17, 15) is 0 Å². The molecule has 4 nitrogen and oxygen atoms in total. The summed E-state index contributed by atoms with van der Waals surface area (Å²) in [7, 11) is 0. The van der Waals surface area contributed by atoms with Crippen LogP contribution in [0.2, 0.25) is 0 Å². The van der Waals surface area contributed by atoms with Gasteiger partial charge in [-0.2, -0.15) is 0 Å². The molecule has 7 aromatic carbocycles. The highest BCUT2D eigenvalue weighted by molar-refractivity contribution is 7.25. The van der Waals surface area contributed by atoms with E-state index in [2.05, 4.69) is 139 Å². The third-order valence-corrected chi connectivity index (χ3v) is 10.7. The van der Waals surface area contributed by atoms with Crippen LogP contribution in [0.1, 0.15) is 22.9 Å². The molecule has 5 heteroatoms. The first-order valence-electron chi connectivity index (χ1n) is 16.8. The Morgan fingerprint density at radius 1 is 0.500 bits per heavy atom. The van der Waals surface area contributed by atoms with E-state index in [-0.39, 0.29) is 6.17 Å². The number of fused-ring (bicyclic) bond motifs is 6. The number of amidine groups is 2. The molecule has 2 aromatic heterocycles. The van der Waals surface area contributed by atoms with Gasteiger partial charge in [0.15, 0.2) is 5.84 Å². The van der Waals surface area contributed by atoms with Crippen LogP contribution in [0.3, 0.4) is 0 Å². The largest absolute Gasteiger partial charge is 0.456 e. The lowest BCUT2D eigenvalue weighted by atomic mass is 9.97. The lowest BCUT2D eigenvalue weighted by Gasteiger charge is -2.24. The first kappa shape index (κ1) is 28.7. The van der Waals surface area contributed by atoms with Gasteiger partial charge in [0, 0.05) is 42.1 Å². The number of rotatable bonds is 5. The monoisotopic (exact) mass is 659 g/mol. The van der Waals surface area contributed by atoms with E-state index in [1.165, 1.54) is 42.4 Å². The maximum absolute atomic E-state index is 6.15. The number of hydrogen-bond acceptors (Lipinski definition) is 5. The minimum atomic E-state index is -0.341. The third-order valence-electron chi connectivity index (χ3n) is 9.55. The van der Waals surface area contributed by atoms with Crippen molar-refractivity contribution in [2.75, 3.05) is 0 Å². The van der Waals surface area contributed by atoms with E-state index in [1.807, 2.05) is 41.7 Å². The fourth-order valence-electron chi connectivity index (χ4n) is 7.10. The van der Waals surface area contributed by atoms with Crippen molar-refractivity contribution in [3.63, 3.8) is 0 Å². The van der Waals surface area contributed by atoms with E-state index in [0.717, 1.165) is 44.5 Å². The van der Waals surface area contributed by atoms with Gasteiger partial charge in [0.05, 0.1) is 0 Å². The van der Waals surface area contributed by atoms with Crippen LogP contribution in [-0.2, 0) is 0 Å². The number of benzene rings is 7. The van der Waals surface area contributed by atoms with Gasteiger partial charge >= 0.3 is 0 Å². The summed E-state index contributed by atoms with van der Waals surface area (Å²) in [5, 5.41) is 8.22. The van der Waals surface area contributed by atoms with Crippen LogP contribution in [-0.4, -0.2) is 11.7 Å². The zero-order valence-electron chi connectivity index (χ0n) is 26.9. The molecule has 1 aliphatic rings. The lowest BCUT2D eigenvalue weighted by molar-refractivity contribution is 0.663. The van der Waals surface area contributed by atoms with Crippen molar-refractivity contribution in [1.29, 1.82) is 0 Å². The van der Waals surface area contributed by atoms with Crippen LogP contribution in [0.25, 0.3) is 64.4 Å². The quantitative estimate of drug-likeness (QED) is 0.200. The fraction of sp³-hybridized carbons (Fsp3) is 0.0222. The predicted octanol–water partition coefficient (Wildman–Crippen LogP) is 11.8. The second-order valence-corrected chi connectivity index (χ2v) is 13.7. The SMILES string of the molecule is c1ccc(C2=NC(c3cccc4sc5ccc(-c6cccc(-c7ccccc7)c6)cc5c34)=NC(c3ccc4oc5ccccc5c4c3)N2)cc1. The van der Waals surface area contributed by atoms with Gasteiger partial charge in [-0.1, -0.05) is 121 Å². The average molecular weight is 660 g/mol. The molecule has 236 valence electrons. The summed E-state index contributed by atoms with van der Waals surface area (Å²) in [6, 6.07) is 57.5. The highest BCUT2D eigenvalue weighted by Gasteiger charge is 2.24. The molecule has 1 atom stereocenters. The minimum Gasteiger partial charge on any atom is -0.456 e. The summed E-state index contributed by atoms with van der Waals surface area (Å²) >= 11 is 1.81. The summed E-state index contributed by atoms with van der Waals surface area (Å²) < 4.78 is 8.61. The van der Waals surface area contributed by atoms with Gasteiger partial charge in [-0.05, 0) is 70.3 Å². The number of para-hydroxylation sites is 1. The smallest absolute Gasteiger partial charge is 0.160 e. The van der Waals surface area contributed by atoms with Crippen LogP contribution in [0, 0.1) is 0 Å². The summed E-state index contributed by atoms with van der Waals surface area (Å²) in [5.41, 5.74) is 9.64. The first-order chi connectivity index (χ1) is 24.7. The number of nitrogens with zero attached hydrogens (tertiary/aromatic N) is 2. The predicted molar refractivity (Wildman–Crippen MR) is 209 cm³/mol. The Morgan fingerprint density at radius 2 is 1.20 bits per heavy atom. The van der Waals surface area contributed by atoms with Crippen molar-refractivity contribution in [1.82, 2.24) is 5.32 Å². The van der Waals surface area contributed by atoms with E-state index in [1.54, 1.807) is 0 Å². The van der Waals surface area contributed by atoms with Gasteiger partial charge in [-0.25, -0.2) is 9.98 Å². The highest BCUT2D eigenvalue weighted by atomic mass is 32.1. The van der Waals surface area contributed by atoms with Crippen LogP contribution >= 0.6 is 11.3 Å². The van der Waals surface area contributed by atoms with Gasteiger partial charge < -0.3 is 9.73 Å². The van der Waals surface area contributed by atoms with Gasteiger partial charge in [0.25, 0.3) is 0 Å². The van der Waals surface area contributed by atoms with Crippen LogP contribution in [0.5, 0.6) is 0 Å². The fourth-order valence-corrected chi connectivity index (χ4v) is 8.21. The Balaban J connectivity index is 1.13. The van der Waals surface area contributed by atoms with Crippen molar-refractivity contribution < 1.29 is 4.42 Å². The van der Waals surface area contributed by atoms with Crippen LogP contribution < -0.4 is 5.32 Å². The Hall–Kier alpha value is -6.30. The molecule has 0 bridgehead atoms. The maximum Gasteiger partial charge on any atom is 0.160 e. The number of hydrogen-bond donors (Lipinski definition) is 1. The second kappa shape index (κ2) is 11.7. The molecular formula is C45H29N3OS. The topological polar surface area (TPSA) is 49.9 Å². The Bertz CT molecular complexity index is 2790. The number of nitrogens with one attached hydrogen (secondary N) is 1. The molecule has 1 unspecified atom stereocenters. The molecule has 0 saturated carbocycles. The summed E-state index contributed by atoms with van der Waals surface area (Å²) in [6.45, 7) is 0. The molecule has 3 heterocycles. The molecule has 0 aliphatic carbocycles. The maximum atomic E-state index is 6.15. The van der Waals surface area contributed by atoms with E-state index in [4.69, 9.17) is 14.4 Å². The van der Waals surface area contributed by atoms with Crippen LogP contribution in [0.4, 0.5) is 0 Å². The number of furan rings is 1. The molecule has 0 spiro atoms. The molecule has 10 rings (SSSR count). The van der Waals surface area contributed by atoms with E-state index >= 15 is 0 Å². The average Bonchev–Trinajstić information content (AvgIpc) is 3.76. The van der Waals surface area contributed by atoms with Crippen molar-refractivity contribution in [2.45, 2.75) is 6.17 Å². The van der Waals surface area contributed by atoms with E-state index < -0.39 is 0 Å². The minimum absolute atomic E-state index is 0.341. The Kier molecular flexibility index (Phi) is 6.71. The van der Waals surface area contributed by atoms with Gasteiger partial charge in [0.2, 0.25) is 0 Å². The number of aliphatic imine (C=N–C) groups is 2. The van der Waals surface area contributed by atoms with Gasteiger partial charge in [0.1, 0.15) is 23.2 Å². The van der Waals surface area contributed by atoms with Crippen molar-refractivity contribution >= 4 is 65.1 Å². The molecule has 0 radical (unpaired) electrons. The summed E-state index contributed by atoms with van der Waals surface area (Å²) in [5.74, 6) is 1.51. The zero-order chi connectivity index (χ0) is 33.0. The summed E-state index contributed by atoms with van der Waals surface area (Å²) in [4.78, 5) is 10.5. The van der Waals surface area contributed by atoms with Crippen molar-refractivity contribution in [2.24, 2.45) is 9.98 Å². The number of thiophene rings is 1. The van der Waals surface area contributed by atoms with Crippen molar-refractivity contribution in [3.05, 3.63) is 180 Å². The molecule has 1 aliphatic heterocycles. The Morgan fingerprint density at radius 3 is 2.06 bits per heavy atom. The lowest BCUT2D eigenvalue weighted by Crippen LogP contribution is -2.33. The molecule has 0 amide bonds. The molecule has 1 N–H and O–H groups in total. The van der Waals surface area contributed by atoms with Crippen molar-refractivity contribution in [3.8, 4) is 22.3 Å². The zero-order valence-corrected chi connectivity index (χ0v) is 27.7. The molecule has 50 heavy (non-hydrogen) atoms. The van der Waals surface area contributed by atoms with Gasteiger partial charge in [-0.15, -0.1) is 11.3 Å². The molecule has 0 saturated heterocycles. The molecular weight excluding hydrogens is 631 g/mol. The standard InChI is InChI=1S/C45H29N3OS/c1-3-11-28(12-4-1)30-15-9-16-31(25-30)32-22-24-40-37(26-32)42-35(18-10-20-41(42)50-40)45-47-43(29-13-5-2-6-14-29)46-44(48-45)33-21-23-39-36(27-33)34-17-7-8-19-38(34)49-39/h1-27,44H,(H,46,47,48). The van der Waals surface area contributed by atoms with Crippen LogP contribution in [0.15, 0.2) is 178 Å². The van der Waals surface area contributed by atoms with Gasteiger partial charge in [-0.3, -0.25) is 0 Å².